The molecule has 0 aliphatic heterocycles. The molecule has 0 aliphatic rings. The Bertz CT molecular complexity index is 415. The Labute approximate surface area is 149 Å². The lowest BCUT2D eigenvalue weighted by Gasteiger charge is -2.26. The maximum atomic E-state index is 12.3. The third kappa shape index (κ3) is 6.70. The number of ketones is 1. The van der Waals surface area contributed by atoms with Gasteiger partial charge in [0.1, 0.15) is 5.92 Å². The number of hydrogen-bond donors (Lipinski definition) is 4. The summed E-state index contributed by atoms with van der Waals surface area (Å²) in [7, 11) is 3.10. The first kappa shape index (κ1) is 22.2. The number of hydrogen-bond acceptors (Lipinski definition) is 7. The van der Waals surface area contributed by atoms with Crippen molar-refractivity contribution in [2.75, 3.05) is 39.5 Å². The number of carbonyl (C=O) groups is 3. The van der Waals surface area contributed by atoms with Crippen molar-refractivity contribution < 1.29 is 14.4 Å². The van der Waals surface area contributed by atoms with E-state index in [0.717, 1.165) is 0 Å². The van der Waals surface area contributed by atoms with Crippen molar-refractivity contribution in [3.63, 3.8) is 0 Å². The minimum atomic E-state index is -1.05. The molecule has 134 valence electrons. The first-order valence-electron chi connectivity index (χ1n) is 7.51. The van der Waals surface area contributed by atoms with Gasteiger partial charge in [0.05, 0.1) is 18.0 Å². The van der Waals surface area contributed by atoms with Gasteiger partial charge in [-0.15, -0.1) is 0 Å². The van der Waals surface area contributed by atoms with Gasteiger partial charge in [0.2, 0.25) is 11.8 Å². The molecule has 3 unspecified atom stereocenters. The summed E-state index contributed by atoms with van der Waals surface area (Å²) in [5.41, 5.74) is 5.64. The Kier molecular flexibility index (Phi) is 10.5. The largest absolute Gasteiger partial charge is 0.348 e. The molecule has 0 aromatic heterocycles. The lowest BCUT2D eigenvalue weighted by atomic mass is 10.0. The van der Waals surface area contributed by atoms with Gasteiger partial charge in [-0.2, -0.15) is 25.3 Å². The number of thiol groups is 2. The second-order valence-corrected chi connectivity index (χ2v) is 6.26. The lowest BCUT2D eigenvalue weighted by molar-refractivity contribution is -0.139. The average Bonchev–Trinajstić information content (AvgIpc) is 2.48. The predicted octanol–water partition coefficient (Wildman–Crippen LogP) is -0.769. The lowest BCUT2D eigenvalue weighted by Crippen LogP contribution is -2.52. The number of nitrogens with zero attached hydrogens (tertiary/aromatic N) is 2. The minimum absolute atomic E-state index is 0.122. The van der Waals surface area contributed by atoms with Crippen molar-refractivity contribution in [1.82, 2.24) is 15.1 Å². The van der Waals surface area contributed by atoms with Crippen LogP contribution in [-0.4, -0.2) is 78.3 Å². The Morgan fingerprint density at radius 3 is 2.00 bits per heavy atom. The number of rotatable bonds is 10. The molecule has 0 fully saturated rings. The average molecular weight is 365 g/mol. The third-order valence-corrected chi connectivity index (χ3v) is 4.14. The Hall–Kier alpha value is -0.770. The highest BCUT2D eigenvalue weighted by atomic mass is 32.1. The number of Topliss-reactive ketones (excluding diaryl/α,β-unsaturated/α-hetero) is 1. The van der Waals surface area contributed by atoms with E-state index in [0.29, 0.717) is 13.1 Å². The molecule has 23 heavy (non-hydrogen) atoms. The summed E-state index contributed by atoms with van der Waals surface area (Å²) < 4.78 is 0. The van der Waals surface area contributed by atoms with Crippen LogP contribution in [0.25, 0.3) is 0 Å². The van der Waals surface area contributed by atoms with Crippen LogP contribution in [0.15, 0.2) is 0 Å². The van der Waals surface area contributed by atoms with Crippen LogP contribution in [0.2, 0.25) is 0 Å². The van der Waals surface area contributed by atoms with Crippen LogP contribution >= 0.6 is 25.3 Å². The number of amides is 2. The molecule has 0 radical (unpaired) electrons. The molecule has 0 rings (SSSR count). The summed E-state index contributed by atoms with van der Waals surface area (Å²) in [5.74, 6) is -1.72. The smallest absolute Gasteiger partial charge is 0.240 e. The number of likely N-dealkylation sites (N-methyl/N-ethyl adjacent to an activating group) is 1. The molecular weight excluding hydrogens is 336 g/mol. The molecule has 0 aliphatic carbocycles. The second kappa shape index (κ2) is 10.9. The fraction of sp³-hybridized carbons (Fsp3) is 0.786. The van der Waals surface area contributed by atoms with E-state index in [4.69, 9.17) is 5.73 Å². The maximum absolute atomic E-state index is 12.3. The molecule has 0 bridgehead atoms. The van der Waals surface area contributed by atoms with E-state index in [1.165, 1.54) is 4.90 Å². The van der Waals surface area contributed by atoms with E-state index in [-0.39, 0.29) is 18.2 Å². The maximum Gasteiger partial charge on any atom is 0.240 e. The molecule has 0 saturated carbocycles. The minimum Gasteiger partial charge on any atom is -0.348 e. The van der Waals surface area contributed by atoms with Crippen molar-refractivity contribution in [1.29, 1.82) is 0 Å². The van der Waals surface area contributed by atoms with Gasteiger partial charge in [0, 0.05) is 32.9 Å². The van der Waals surface area contributed by atoms with Crippen molar-refractivity contribution in [2.24, 2.45) is 11.7 Å². The fourth-order valence-electron chi connectivity index (χ4n) is 2.07. The molecule has 0 saturated heterocycles. The van der Waals surface area contributed by atoms with E-state index in [1.807, 2.05) is 13.8 Å². The van der Waals surface area contributed by atoms with Crippen molar-refractivity contribution in [3.8, 4) is 0 Å². The van der Waals surface area contributed by atoms with Gasteiger partial charge < -0.3 is 15.5 Å². The zero-order valence-corrected chi connectivity index (χ0v) is 15.9. The van der Waals surface area contributed by atoms with Gasteiger partial charge in [0.15, 0.2) is 5.78 Å². The molecule has 0 aromatic carbocycles. The van der Waals surface area contributed by atoms with Gasteiger partial charge in [-0.1, -0.05) is 0 Å². The molecule has 0 spiro atoms. The fourth-order valence-corrected chi connectivity index (χ4v) is 2.65. The number of nitrogens with one attached hydrogen (secondary N) is 1. The summed E-state index contributed by atoms with van der Waals surface area (Å²) in [6.07, 6.45) is 0. The monoisotopic (exact) mass is 364 g/mol. The van der Waals surface area contributed by atoms with Crippen LogP contribution in [0, 0.1) is 5.92 Å². The summed E-state index contributed by atoms with van der Waals surface area (Å²) >= 11 is 8.19. The molecule has 0 aromatic rings. The molecule has 0 heterocycles. The van der Waals surface area contributed by atoms with Crippen LogP contribution < -0.4 is 11.1 Å². The highest BCUT2D eigenvalue weighted by Crippen LogP contribution is 2.10. The van der Waals surface area contributed by atoms with E-state index >= 15 is 0 Å². The van der Waals surface area contributed by atoms with Crippen LogP contribution in [-0.2, 0) is 14.4 Å². The van der Waals surface area contributed by atoms with Gasteiger partial charge >= 0.3 is 0 Å². The normalized spacial score (nSPS) is 14.7. The summed E-state index contributed by atoms with van der Waals surface area (Å²) in [6, 6.07) is -0.589. The molecule has 3 N–H and O–H groups in total. The first-order chi connectivity index (χ1) is 10.7. The summed E-state index contributed by atoms with van der Waals surface area (Å²) in [5, 5.41) is 1.97. The Morgan fingerprint density at radius 2 is 1.65 bits per heavy atom. The van der Waals surface area contributed by atoms with E-state index in [1.54, 1.807) is 19.0 Å². The topological polar surface area (TPSA) is 95.7 Å². The van der Waals surface area contributed by atoms with Crippen LogP contribution in [0.5, 0.6) is 0 Å². The molecular formula is C14H28N4O3S2. The molecule has 3 atom stereocenters. The Balaban J connectivity index is 4.87. The zero-order valence-electron chi connectivity index (χ0n) is 14.2. The molecule has 7 nitrogen and oxygen atoms in total. The molecule has 9 heteroatoms. The highest BCUT2D eigenvalue weighted by Gasteiger charge is 2.32. The summed E-state index contributed by atoms with van der Waals surface area (Å²) in [6.45, 7) is 4.79. The SMILES string of the molecule is CCN(CC)C(=O)C(CS)NCC(=O)C(C(=O)N(C)C)C(N)S. The van der Waals surface area contributed by atoms with Crippen molar-refractivity contribution >= 4 is 42.9 Å². The van der Waals surface area contributed by atoms with Gasteiger partial charge in [-0.25, -0.2) is 0 Å². The van der Waals surface area contributed by atoms with E-state index in [9.17, 15) is 14.4 Å². The second-order valence-electron chi connectivity index (χ2n) is 5.29. The standard InChI is InChI=1S/C14H28N4O3S2/c1-5-18(6-2)13(20)9(8-22)16-7-10(19)11(12(15)23)14(21)17(3)4/h9,11-12,16,22-23H,5-8,15H2,1-4H3. The van der Waals surface area contributed by atoms with Crippen LogP contribution in [0.3, 0.4) is 0 Å². The number of carbonyl (C=O) groups excluding carboxylic acids is 3. The van der Waals surface area contributed by atoms with Crippen molar-refractivity contribution in [2.45, 2.75) is 25.3 Å². The number of nitrogens with two attached hydrogens (primary N) is 1. The highest BCUT2D eigenvalue weighted by molar-refractivity contribution is 7.81. The third-order valence-electron chi connectivity index (χ3n) is 3.47. The van der Waals surface area contributed by atoms with E-state index < -0.39 is 29.0 Å². The van der Waals surface area contributed by atoms with Crippen LogP contribution in [0.4, 0.5) is 0 Å². The zero-order chi connectivity index (χ0) is 18.2. The molecule has 2 amide bonds. The van der Waals surface area contributed by atoms with Gasteiger partial charge in [-0.05, 0) is 13.8 Å². The van der Waals surface area contributed by atoms with E-state index in [2.05, 4.69) is 30.6 Å². The summed E-state index contributed by atoms with van der Waals surface area (Å²) in [4.78, 5) is 39.6. The van der Waals surface area contributed by atoms with Crippen LogP contribution in [0.1, 0.15) is 13.8 Å². The van der Waals surface area contributed by atoms with Gasteiger partial charge in [-0.3, -0.25) is 19.7 Å². The predicted molar refractivity (Wildman–Crippen MR) is 97.7 cm³/mol. The quantitative estimate of drug-likeness (QED) is 0.232. The van der Waals surface area contributed by atoms with Crippen molar-refractivity contribution in [3.05, 3.63) is 0 Å². The Morgan fingerprint density at radius 1 is 1.13 bits per heavy atom. The first-order valence-corrected chi connectivity index (χ1v) is 8.66. The van der Waals surface area contributed by atoms with Gasteiger partial charge in [0.25, 0.3) is 0 Å².